The molecule has 0 saturated heterocycles. The lowest BCUT2D eigenvalue weighted by Crippen LogP contribution is -1.99. The van der Waals surface area contributed by atoms with Gasteiger partial charge in [-0.05, 0) is 19.1 Å². The molecule has 2 rings (SSSR count). The van der Waals surface area contributed by atoms with Crippen LogP contribution in [-0.4, -0.2) is 15.6 Å². The van der Waals surface area contributed by atoms with Crippen LogP contribution in [0.15, 0.2) is 18.2 Å². The fourth-order valence-electron chi connectivity index (χ4n) is 1.81. The van der Waals surface area contributed by atoms with E-state index in [1.54, 1.807) is 25.1 Å². The molecule has 0 bridgehead atoms. The summed E-state index contributed by atoms with van der Waals surface area (Å²) in [5, 5.41) is 10.4. The summed E-state index contributed by atoms with van der Waals surface area (Å²) >= 11 is 5.87. The SMILES string of the molecule is Cc1c(C(=O)O)c2ccc(Cl)cc2n1C. The summed E-state index contributed by atoms with van der Waals surface area (Å²) in [6.45, 7) is 1.79. The van der Waals surface area contributed by atoms with E-state index in [1.165, 1.54) is 0 Å². The van der Waals surface area contributed by atoms with E-state index in [4.69, 9.17) is 16.7 Å². The predicted molar refractivity (Wildman–Crippen MR) is 59.6 cm³/mol. The molecule has 1 N–H and O–H groups in total. The number of aryl methyl sites for hydroxylation is 1. The van der Waals surface area contributed by atoms with Crippen molar-refractivity contribution in [3.05, 3.63) is 34.5 Å². The molecule has 0 fully saturated rings. The number of hydrogen-bond acceptors (Lipinski definition) is 1. The minimum atomic E-state index is -0.902. The van der Waals surface area contributed by atoms with Gasteiger partial charge in [0.05, 0.1) is 11.1 Å². The normalized spacial score (nSPS) is 10.9. The smallest absolute Gasteiger partial charge is 0.338 e. The zero-order chi connectivity index (χ0) is 11.2. The van der Waals surface area contributed by atoms with Gasteiger partial charge in [0.25, 0.3) is 0 Å². The summed E-state index contributed by atoms with van der Waals surface area (Å²) in [5.41, 5.74) is 1.93. The van der Waals surface area contributed by atoms with E-state index in [-0.39, 0.29) is 0 Å². The van der Waals surface area contributed by atoms with Gasteiger partial charge in [-0.25, -0.2) is 4.79 Å². The number of carbonyl (C=O) groups is 1. The number of hydrogen-bond donors (Lipinski definition) is 1. The van der Waals surface area contributed by atoms with Crippen LogP contribution in [-0.2, 0) is 7.05 Å². The van der Waals surface area contributed by atoms with E-state index in [1.807, 2.05) is 11.6 Å². The highest BCUT2D eigenvalue weighted by Crippen LogP contribution is 2.27. The van der Waals surface area contributed by atoms with E-state index < -0.39 is 5.97 Å². The summed E-state index contributed by atoms with van der Waals surface area (Å²) in [6.07, 6.45) is 0. The van der Waals surface area contributed by atoms with E-state index in [0.717, 1.165) is 16.6 Å². The maximum absolute atomic E-state index is 11.1. The van der Waals surface area contributed by atoms with E-state index in [0.29, 0.717) is 10.6 Å². The molecule has 0 aliphatic rings. The van der Waals surface area contributed by atoms with Gasteiger partial charge in [0.2, 0.25) is 0 Å². The van der Waals surface area contributed by atoms with Crippen molar-refractivity contribution in [1.29, 1.82) is 0 Å². The minimum Gasteiger partial charge on any atom is -0.478 e. The van der Waals surface area contributed by atoms with Gasteiger partial charge in [-0.1, -0.05) is 17.7 Å². The Kier molecular flexibility index (Phi) is 2.20. The number of fused-ring (bicyclic) bond motifs is 1. The van der Waals surface area contributed by atoms with Gasteiger partial charge >= 0.3 is 5.97 Å². The average Bonchev–Trinajstić information content (AvgIpc) is 2.41. The quantitative estimate of drug-likeness (QED) is 0.808. The van der Waals surface area contributed by atoms with Crippen molar-refractivity contribution in [2.24, 2.45) is 7.05 Å². The zero-order valence-electron chi connectivity index (χ0n) is 8.41. The minimum absolute atomic E-state index is 0.351. The molecule has 2 aromatic rings. The summed E-state index contributed by atoms with van der Waals surface area (Å²) in [7, 11) is 1.83. The molecule has 1 aromatic heterocycles. The maximum atomic E-state index is 11.1. The molecule has 1 aromatic carbocycles. The van der Waals surface area contributed by atoms with Gasteiger partial charge in [0.15, 0.2) is 0 Å². The number of benzene rings is 1. The summed E-state index contributed by atoms with van der Waals surface area (Å²) < 4.78 is 1.84. The van der Waals surface area contributed by atoms with Gasteiger partial charge in [0.1, 0.15) is 0 Å². The van der Waals surface area contributed by atoms with Crippen LogP contribution < -0.4 is 0 Å². The maximum Gasteiger partial charge on any atom is 0.338 e. The molecule has 0 radical (unpaired) electrons. The van der Waals surface area contributed by atoms with Gasteiger partial charge < -0.3 is 9.67 Å². The number of aromatic nitrogens is 1. The average molecular weight is 224 g/mol. The molecule has 0 amide bonds. The molecule has 0 atom stereocenters. The highest BCUT2D eigenvalue weighted by Gasteiger charge is 2.17. The molecule has 3 nitrogen and oxygen atoms in total. The Bertz CT molecular complexity index is 557. The molecular formula is C11H10ClNO2. The highest BCUT2D eigenvalue weighted by atomic mass is 35.5. The fraction of sp³-hybridized carbons (Fsp3) is 0.182. The third-order valence-corrected chi connectivity index (χ3v) is 2.90. The molecule has 15 heavy (non-hydrogen) atoms. The second-order valence-corrected chi connectivity index (χ2v) is 3.92. The molecule has 1 heterocycles. The second-order valence-electron chi connectivity index (χ2n) is 3.49. The molecule has 0 spiro atoms. The van der Waals surface area contributed by atoms with Crippen LogP contribution in [0.4, 0.5) is 0 Å². The summed E-state index contributed by atoms with van der Waals surface area (Å²) in [4.78, 5) is 11.1. The topological polar surface area (TPSA) is 42.2 Å². The molecule has 0 saturated carbocycles. The van der Waals surface area contributed by atoms with E-state index in [2.05, 4.69) is 0 Å². The number of rotatable bonds is 1. The Morgan fingerprint density at radius 2 is 2.13 bits per heavy atom. The van der Waals surface area contributed by atoms with Crippen LogP contribution in [0.2, 0.25) is 5.02 Å². The molecule has 78 valence electrons. The Morgan fingerprint density at radius 3 is 2.73 bits per heavy atom. The van der Waals surface area contributed by atoms with Crippen LogP contribution in [0.3, 0.4) is 0 Å². The first kappa shape index (κ1) is 10.1. The first-order chi connectivity index (χ1) is 7.02. The number of aromatic carboxylic acids is 1. The lowest BCUT2D eigenvalue weighted by Gasteiger charge is -1.98. The molecule has 0 unspecified atom stereocenters. The van der Waals surface area contributed by atoms with Crippen molar-refractivity contribution in [3.63, 3.8) is 0 Å². The van der Waals surface area contributed by atoms with Crippen LogP contribution in [0.5, 0.6) is 0 Å². The lowest BCUT2D eigenvalue weighted by atomic mass is 10.1. The fourth-order valence-corrected chi connectivity index (χ4v) is 1.97. The molecule has 0 aliphatic heterocycles. The van der Waals surface area contributed by atoms with Crippen molar-refractivity contribution in [2.75, 3.05) is 0 Å². The largest absolute Gasteiger partial charge is 0.478 e. The standard InChI is InChI=1S/C11H10ClNO2/c1-6-10(11(14)15)8-4-3-7(12)5-9(8)13(6)2/h3-5H,1-2H3,(H,14,15). The Labute approximate surface area is 91.9 Å². The van der Waals surface area contributed by atoms with Crippen molar-refractivity contribution < 1.29 is 9.90 Å². The first-order valence-corrected chi connectivity index (χ1v) is 4.88. The van der Waals surface area contributed by atoms with E-state index in [9.17, 15) is 4.79 Å². The summed E-state index contributed by atoms with van der Waals surface area (Å²) in [5.74, 6) is -0.902. The van der Waals surface area contributed by atoms with Gasteiger partial charge in [-0.3, -0.25) is 0 Å². The first-order valence-electron chi connectivity index (χ1n) is 4.50. The van der Waals surface area contributed by atoms with Crippen molar-refractivity contribution in [1.82, 2.24) is 4.57 Å². The van der Waals surface area contributed by atoms with Crippen molar-refractivity contribution in [3.8, 4) is 0 Å². The van der Waals surface area contributed by atoms with Crippen LogP contribution >= 0.6 is 11.6 Å². The van der Waals surface area contributed by atoms with Crippen molar-refractivity contribution >= 4 is 28.5 Å². The molecule has 4 heteroatoms. The number of carboxylic acids is 1. The third kappa shape index (κ3) is 1.39. The lowest BCUT2D eigenvalue weighted by molar-refractivity contribution is 0.0698. The highest BCUT2D eigenvalue weighted by molar-refractivity contribution is 6.31. The predicted octanol–water partition coefficient (Wildman–Crippen LogP) is 2.84. The van der Waals surface area contributed by atoms with E-state index >= 15 is 0 Å². The monoisotopic (exact) mass is 223 g/mol. The van der Waals surface area contributed by atoms with Crippen LogP contribution in [0, 0.1) is 6.92 Å². The Balaban J connectivity index is 2.93. The number of halogens is 1. The van der Waals surface area contributed by atoms with Crippen molar-refractivity contribution in [2.45, 2.75) is 6.92 Å². The van der Waals surface area contributed by atoms with Gasteiger partial charge in [-0.2, -0.15) is 0 Å². The Morgan fingerprint density at radius 1 is 1.47 bits per heavy atom. The van der Waals surface area contributed by atoms with Gasteiger partial charge in [-0.15, -0.1) is 0 Å². The number of nitrogens with zero attached hydrogens (tertiary/aromatic N) is 1. The third-order valence-electron chi connectivity index (χ3n) is 2.67. The van der Waals surface area contributed by atoms with Crippen LogP contribution in [0.1, 0.15) is 16.1 Å². The molecular weight excluding hydrogens is 214 g/mol. The van der Waals surface area contributed by atoms with Crippen LogP contribution in [0.25, 0.3) is 10.9 Å². The summed E-state index contributed by atoms with van der Waals surface area (Å²) in [6, 6.07) is 5.22. The second kappa shape index (κ2) is 3.28. The molecule has 0 aliphatic carbocycles. The Hall–Kier alpha value is -1.48. The van der Waals surface area contributed by atoms with Gasteiger partial charge in [0, 0.05) is 23.2 Å². The zero-order valence-corrected chi connectivity index (χ0v) is 9.17. The number of carboxylic acid groups (broad SMARTS) is 1.